The number of hydrogen-bond donors (Lipinski definition) is 0. The number of nitrogens with zero attached hydrogens (tertiary/aromatic N) is 2. The van der Waals surface area contributed by atoms with Gasteiger partial charge in [0, 0.05) is 12.4 Å². The molecule has 1 heterocycles. The molecule has 86 valence electrons. The summed E-state index contributed by atoms with van der Waals surface area (Å²) >= 11 is 0. The van der Waals surface area contributed by atoms with Gasteiger partial charge in [-0.2, -0.15) is 0 Å². The van der Waals surface area contributed by atoms with Crippen LogP contribution in [0.5, 0.6) is 0 Å². The molecule has 0 bridgehead atoms. The Bertz CT molecular complexity index is 688. The predicted molar refractivity (Wildman–Crippen MR) is 74.9 cm³/mol. The van der Waals surface area contributed by atoms with Gasteiger partial charge in [-0.3, -0.25) is 9.97 Å². The van der Waals surface area contributed by atoms with Crippen LogP contribution in [0.4, 0.5) is 0 Å². The van der Waals surface area contributed by atoms with Crippen LogP contribution in [-0.2, 0) is 0 Å². The third kappa shape index (κ3) is 2.28. The van der Waals surface area contributed by atoms with Crippen LogP contribution in [0.2, 0.25) is 0 Å². The van der Waals surface area contributed by atoms with Gasteiger partial charge in [0.15, 0.2) is 0 Å². The van der Waals surface area contributed by atoms with Gasteiger partial charge in [0.25, 0.3) is 0 Å². The van der Waals surface area contributed by atoms with E-state index in [4.69, 9.17) is 0 Å². The topological polar surface area (TPSA) is 25.8 Å². The average Bonchev–Trinajstić information content (AvgIpc) is 2.46. The van der Waals surface area contributed by atoms with Gasteiger partial charge in [-0.15, -0.1) is 0 Å². The number of rotatable bonds is 2. The Hall–Kier alpha value is -2.48. The summed E-state index contributed by atoms with van der Waals surface area (Å²) in [6.45, 7) is 0. The predicted octanol–water partition coefficient (Wildman–Crippen LogP) is 3.80. The van der Waals surface area contributed by atoms with Crippen LogP contribution in [0.3, 0.4) is 0 Å². The molecule has 0 saturated heterocycles. The van der Waals surface area contributed by atoms with Gasteiger partial charge in [-0.1, -0.05) is 48.6 Å². The van der Waals surface area contributed by atoms with E-state index >= 15 is 0 Å². The van der Waals surface area contributed by atoms with E-state index in [0.29, 0.717) is 0 Å². The van der Waals surface area contributed by atoms with Crippen molar-refractivity contribution in [1.29, 1.82) is 0 Å². The molecule has 1 aromatic heterocycles. The second-order valence-electron chi connectivity index (χ2n) is 4.05. The van der Waals surface area contributed by atoms with Crippen molar-refractivity contribution in [1.82, 2.24) is 9.97 Å². The fourth-order valence-corrected chi connectivity index (χ4v) is 1.84. The summed E-state index contributed by atoms with van der Waals surface area (Å²) in [6.07, 6.45) is 7.61. The van der Waals surface area contributed by atoms with E-state index in [0.717, 1.165) is 16.6 Å². The molecule has 18 heavy (non-hydrogen) atoms. The zero-order valence-corrected chi connectivity index (χ0v) is 9.82. The summed E-state index contributed by atoms with van der Waals surface area (Å²) in [5.74, 6) is 0. The third-order valence-corrected chi connectivity index (χ3v) is 2.76. The molecule has 2 heteroatoms. The SMILES string of the molecule is C(=Cc1ccc2nccnc2c1)c1ccccc1. The summed E-state index contributed by atoms with van der Waals surface area (Å²) in [7, 11) is 0. The first-order valence-corrected chi connectivity index (χ1v) is 5.86. The molecular formula is C16H12N2. The quantitative estimate of drug-likeness (QED) is 0.628. The van der Waals surface area contributed by atoms with Crippen molar-refractivity contribution in [3.05, 3.63) is 72.1 Å². The summed E-state index contributed by atoms with van der Waals surface area (Å²) < 4.78 is 0. The number of aromatic nitrogens is 2. The van der Waals surface area contributed by atoms with E-state index < -0.39 is 0 Å². The second-order valence-corrected chi connectivity index (χ2v) is 4.05. The lowest BCUT2D eigenvalue weighted by atomic mass is 10.1. The number of benzene rings is 2. The van der Waals surface area contributed by atoms with Gasteiger partial charge in [-0.05, 0) is 23.3 Å². The van der Waals surface area contributed by atoms with Crippen LogP contribution in [0.15, 0.2) is 60.9 Å². The Labute approximate surface area is 106 Å². The van der Waals surface area contributed by atoms with E-state index in [1.165, 1.54) is 5.56 Å². The van der Waals surface area contributed by atoms with Crippen LogP contribution in [0.1, 0.15) is 11.1 Å². The Balaban J connectivity index is 1.93. The van der Waals surface area contributed by atoms with Gasteiger partial charge in [0.05, 0.1) is 11.0 Å². The van der Waals surface area contributed by atoms with Crippen LogP contribution in [0, 0.1) is 0 Å². The lowest BCUT2D eigenvalue weighted by Crippen LogP contribution is -1.82. The molecule has 0 fully saturated rings. The monoisotopic (exact) mass is 232 g/mol. The molecule has 3 rings (SSSR count). The number of fused-ring (bicyclic) bond motifs is 1. The highest BCUT2D eigenvalue weighted by atomic mass is 14.8. The molecule has 0 aliphatic rings. The van der Waals surface area contributed by atoms with Gasteiger partial charge in [0.2, 0.25) is 0 Å². The van der Waals surface area contributed by atoms with Crippen LogP contribution < -0.4 is 0 Å². The third-order valence-electron chi connectivity index (χ3n) is 2.76. The highest BCUT2D eigenvalue weighted by molar-refractivity contribution is 5.79. The standard InChI is InChI=1S/C16H12N2/c1-2-4-13(5-3-1)6-7-14-8-9-15-16(12-14)18-11-10-17-15/h1-12H. The normalized spacial score (nSPS) is 11.1. The molecular weight excluding hydrogens is 220 g/mol. The van der Waals surface area contributed by atoms with E-state index in [1.807, 2.05) is 30.3 Å². The molecule has 2 aromatic carbocycles. The summed E-state index contributed by atoms with van der Waals surface area (Å²) in [5.41, 5.74) is 4.17. The lowest BCUT2D eigenvalue weighted by Gasteiger charge is -1.97. The summed E-state index contributed by atoms with van der Waals surface area (Å²) in [4.78, 5) is 8.55. The minimum absolute atomic E-state index is 0.924. The minimum atomic E-state index is 0.924. The maximum atomic E-state index is 4.30. The molecule has 0 aliphatic heterocycles. The highest BCUT2D eigenvalue weighted by Gasteiger charge is 1.95. The summed E-state index contributed by atoms with van der Waals surface area (Å²) in [5, 5.41) is 0. The molecule has 3 aromatic rings. The Morgan fingerprint density at radius 3 is 2.22 bits per heavy atom. The molecule has 0 radical (unpaired) electrons. The van der Waals surface area contributed by atoms with Gasteiger partial charge < -0.3 is 0 Å². The number of hydrogen-bond acceptors (Lipinski definition) is 2. The molecule has 0 unspecified atom stereocenters. The van der Waals surface area contributed by atoms with Crippen molar-refractivity contribution in [3.8, 4) is 0 Å². The Kier molecular flexibility index (Phi) is 2.84. The van der Waals surface area contributed by atoms with E-state index in [2.05, 4.69) is 40.3 Å². The first-order chi connectivity index (χ1) is 8.92. The molecule has 0 saturated carbocycles. The smallest absolute Gasteiger partial charge is 0.0892 e. The maximum absolute atomic E-state index is 4.30. The van der Waals surface area contributed by atoms with Gasteiger partial charge in [0.1, 0.15) is 0 Å². The Morgan fingerprint density at radius 2 is 1.39 bits per heavy atom. The first-order valence-electron chi connectivity index (χ1n) is 5.86. The Morgan fingerprint density at radius 1 is 0.667 bits per heavy atom. The zero-order valence-electron chi connectivity index (χ0n) is 9.82. The van der Waals surface area contributed by atoms with Gasteiger partial charge >= 0.3 is 0 Å². The van der Waals surface area contributed by atoms with Crippen LogP contribution >= 0.6 is 0 Å². The van der Waals surface area contributed by atoms with Crippen molar-refractivity contribution in [2.45, 2.75) is 0 Å². The molecule has 2 nitrogen and oxygen atoms in total. The second kappa shape index (κ2) is 4.80. The van der Waals surface area contributed by atoms with Gasteiger partial charge in [-0.25, -0.2) is 0 Å². The van der Waals surface area contributed by atoms with E-state index in [9.17, 15) is 0 Å². The largest absolute Gasteiger partial charge is 0.253 e. The van der Waals surface area contributed by atoms with E-state index in [-0.39, 0.29) is 0 Å². The minimum Gasteiger partial charge on any atom is -0.253 e. The highest BCUT2D eigenvalue weighted by Crippen LogP contribution is 2.13. The lowest BCUT2D eigenvalue weighted by molar-refractivity contribution is 1.29. The molecule has 0 N–H and O–H groups in total. The molecule has 0 aliphatic carbocycles. The zero-order chi connectivity index (χ0) is 12.2. The van der Waals surface area contributed by atoms with Crippen molar-refractivity contribution in [3.63, 3.8) is 0 Å². The van der Waals surface area contributed by atoms with Crippen LogP contribution in [0.25, 0.3) is 23.2 Å². The van der Waals surface area contributed by atoms with Crippen molar-refractivity contribution in [2.75, 3.05) is 0 Å². The fraction of sp³-hybridized carbons (Fsp3) is 0. The molecule has 0 atom stereocenters. The van der Waals surface area contributed by atoms with E-state index in [1.54, 1.807) is 12.4 Å². The van der Waals surface area contributed by atoms with Crippen LogP contribution in [-0.4, -0.2) is 9.97 Å². The van der Waals surface area contributed by atoms with Crippen molar-refractivity contribution < 1.29 is 0 Å². The molecule has 0 amide bonds. The fourth-order valence-electron chi connectivity index (χ4n) is 1.84. The molecule has 0 spiro atoms. The first kappa shape index (κ1) is 10.7. The average molecular weight is 232 g/mol. The van der Waals surface area contributed by atoms with Crippen molar-refractivity contribution >= 4 is 23.2 Å². The summed E-state index contributed by atoms with van der Waals surface area (Å²) in [6, 6.07) is 16.3. The van der Waals surface area contributed by atoms with Crippen molar-refractivity contribution in [2.24, 2.45) is 0 Å². The maximum Gasteiger partial charge on any atom is 0.0892 e.